The first-order chi connectivity index (χ1) is 11.6. The number of hydrazine groups is 1. The Bertz CT molecular complexity index is 665. The van der Waals surface area contributed by atoms with Gasteiger partial charge in [-0.15, -0.1) is 0 Å². The van der Waals surface area contributed by atoms with E-state index in [1.54, 1.807) is 6.07 Å². The molecule has 0 aliphatic carbocycles. The number of aliphatic hydroxyl groups is 1. The van der Waals surface area contributed by atoms with Gasteiger partial charge in [0.05, 0.1) is 5.69 Å². The Morgan fingerprint density at radius 2 is 1.92 bits per heavy atom. The van der Waals surface area contributed by atoms with E-state index in [1.807, 2.05) is 49.4 Å². The van der Waals surface area contributed by atoms with Crippen LogP contribution < -0.4 is 16.2 Å². The Labute approximate surface area is 147 Å². The van der Waals surface area contributed by atoms with Crippen molar-refractivity contribution < 1.29 is 9.90 Å². The molecule has 0 bridgehead atoms. The molecule has 0 aromatic heterocycles. The van der Waals surface area contributed by atoms with Crippen LogP contribution in [0.1, 0.15) is 23.5 Å². The second-order valence-electron chi connectivity index (χ2n) is 5.49. The fraction of sp³-hybridized carbons (Fsp3) is 0.278. The van der Waals surface area contributed by atoms with E-state index in [0.717, 1.165) is 16.8 Å². The largest absolute Gasteiger partial charge is 0.396 e. The first-order valence-electron chi connectivity index (χ1n) is 7.82. The van der Waals surface area contributed by atoms with E-state index < -0.39 is 0 Å². The van der Waals surface area contributed by atoms with Gasteiger partial charge in [-0.05, 0) is 36.6 Å². The molecule has 128 valence electrons. The van der Waals surface area contributed by atoms with Crippen molar-refractivity contribution in [3.63, 3.8) is 0 Å². The van der Waals surface area contributed by atoms with Crippen LogP contribution in [0.15, 0.2) is 48.5 Å². The second kappa shape index (κ2) is 9.15. The Kier molecular flexibility index (Phi) is 6.90. The van der Waals surface area contributed by atoms with Gasteiger partial charge in [-0.2, -0.15) is 0 Å². The Morgan fingerprint density at radius 1 is 1.17 bits per heavy atom. The third-order valence-electron chi connectivity index (χ3n) is 3.84. The third kappa shape index (κ3) is 5.15. The highest BCUT2D eigenvalue weighted by Gasteiger charge is 2.12. The summed E-state index contributed by atoms with van der Waals surface area (Å²) in [6.45, 7) is 2.38. The summed E-state index contributed by atoms with van der Waals surface area (Å²) in [7, 11) is 0. The number of aliphatic hydroxyl groups excluding tert-OH is 1. The number of carbonyl (C=O) groups excluding carboxylic acids is 1. The predicted octanol–water partition coefficient (Wildman–Crippen LogP) is 3.44. The van der Waals surface area contributed by atoms with Crippen molar-refractivity contribution in [3.8, 4) is 0 Å². The maximum absolute atomic E-state index is 12.0. The first-order valence-corrected chi connectivity index (χ1v) is 8.20. The average Bonchev–Trinajstić information content (AvgIpc) is 2.60. The minimum atomic E-state index is -0.340. The number of carbonyl (C=O) groups is 1. The predicted molar refractivity (Wildman–Crippen MR) is 97.2 cm³/mol. The van der Waals surface area contributed by atoms with Crippen LogP contribution in [-0.4, -0.2) is 24.3 Å². The van der Waals surface area contributed by atoms with Gasteiger partial charge >= 0.3 is 6.03 Å². The lowest BCUT2D eigenvalue weighted by molar-refractivity contribution is 0.239. The summed E-state index contributed by atoms with van der Waals surface area (Å²) >= 11 is 6.04. The van der Waals surface area contributed by atoms with Crippen molar-refractivity contribution in [3.05, 3.63) is 64.7 Å². The van der Waals surface area contributed by atoms with E-state index in [1.165, 1.54) is 0 Å². The SMILES string of the molecule is Cc1c(Cl)cccc1NNC(=O)NCC(CCO)c1ccccc1. The summed E-state index contributed by atoms with van der Waals surface area (Å²) in [5.74, 6) is 0.0647. The molecule has 4 N–H and O–H groups in total. The molecule has 2 aromatic rings. The Hall–Kier alpha value is -2.24. The lowest BCUT2D eigenvalue weighted by Crippen LogP contribution is -2.41. The minimum absolute atomic E-state index is 0.0647. The highest BCUT2D eigenvalue weighted by atomic mass is 35.5. The maximum Gasteiger partial charge on any atom is 0.333 e. The summed E-state index contributed by atoms with van der Waals surface area (Å²) < 4.78 is 0. The standard InChI is InChI=1S/C18H22ClN3O2/c1-13-16(19)8-5-9-17(13)21-22-18(24)20-12-15(10-11-23)14-6-3-2-4-7-14/h2-9,15,21,23H,10-12H2,1H3,(H2,20,22,24). The smallest absolute Gasteiger partial charge is 0.333 e. The van der Waals surface area contributed by atoms with Crippen molar-refractivity contribution in [1.82, 2.24) is 10.7 Å². The van der Waals surface area contributed by atoms with Gasteiger partial charge in [0, 0.05) is 24.1 Å². The van der Waals surface area contributed by atoms with Crippen LogP contribution in [0.5, 0.6) is 0 Å². The molecule has 1 atom stereocenters. The number of anilines is 1. The summed E-state index contributed by atoms with van der Waals surface area (Å²) in [5.41, 5.74) is 8.14. The lowest BCUT2D eigenvalue weighted by atomic mass is 9.96. The fourth-order valence-electron chi connectivity index (χ4n) is 2.39. The van der Waals surface area contributed by atoms with Crippen LogP contribution in [-0.2, 0) is 0 Å². The number of halogens is 1. The summed E-state index contributed by atoms with van der Waals surface area (Å²) in [6.07, 6.45) is 0.588. The zero-order valence-corrected chi connectivity index (χ0v) is 14.3. The van der Waals surface area contributed by atoms with Crippen LogP contribution >= 0.6 is 11.6 Å². The fourth-order valence-corrected chi connectivity index (χ4v) is 2.57. The molecule has 1 unspecified atom stereocenters. The summed E-state index contributed by atoms with van der Waals surface area (Å²) in [5, 5.41) is 12.7. The quantitative estimate of drug-likeness (QED) is 0.580. The third-order valence-corrected chi connectivity index (χ3v) is 4.25. The molecule has 2 amide bonds. The molecule has 2 rings (SSSR count). The average molecular weight is 348 g/mol. The number of amides is 2. The highest BCUT2D eigenvalue weighted by Crippen LogP contribution is 2.22. The van der Waals surface area contributed by atoms with Crippen molar-refractivity contribution in [2.24, 2.45) is 0 Å². The van der Waals surface area contributed by atoms with Crippen LogP contribution in [0, 0.1) is 6.92 Å². The van der Waals surface area contributed by atoms with Crippen LogP contribution in [0.2, 0.25) is 5.02 Å². The van der Waals surface area contributed by atoms with E-state index in [9.17, 15) is 9.90 Å². The van der Waals surface area contributed by atoms with Crippen molar-refractivity contribution in [2.45, 2.75) is 19.3 Å². The minimum Gasteiger partial charge on any atom is -0.396 e. The van der Waals surface area contributed by atoms with E-state index in [4.69, 9.17) is 11.6 Å². The highest BCUT2D eigenvalue weighted by molar-refractivity contribution is 6.31. The normalized spacial score (nSPS) is 11.6. The van der Waals surface area contributed by atoms with Crippen molar-refractivity contribution in [1.29, 1.82) is 0 Å². The van der Waals surface area contributed by atoms with Gasteiger partial charge in [0.25, 0.3) is 0 Å². The number of benzene rings is 2. The number of hydrogen-bond acceptors (Lipinski definition) is 3. The lowest BCUT2D eigenvalue weighted by Gasteiger charge is -2.18. The van der Waals surface area contributed by atoms with Gasteiger partial charge in [-0.25, -0.2) is 4.79 Å². The van der Waals surface area contributed by atoms with E-state index in [-0.39, 0.29) is 18.6 Å². The molecule has 0 heterocycles. The van der Waals surface area contributed by atoms with Gasteiger partial charge in [0.1, 0.15) is 0 Å². The number of hydrogen-bond donors (Lipinski definition) is 4. The Morgan fingerprint density at radius 3 is 2.62 bits per heavy atom. The summed E-state index contributed by atoms with van der Waals surface area (Å²) in [4.78, 5) is 12.0. The van der Waals surface area contributed by atoms with Gasteiger partial charge in [-0.3, -0.25) is 10.9 Å². The number of urea groups is 1. The number of nitrogens with one attached hydrogen (secondary N) is 3. The van der Waals surface area contributed by atoms with Gasteiger partial charge in [-0.1, -0.05) is 48.0 Å². The monoisotopic (exact) mass is 347 g/mol. The molecule has 0 aliphatic heterocycles. The molecule has 0 fully saturated rings. The van der Waals surface area contributed by atoms with E-state index in [0.29, 0.717) is 18.0 Å². The van der Waals surface area contributed by atoms with Crippen LogP contribution in [0.3, 0.4) is 0 Å². The molecule has 0 radical (unpaired) electrons. The molecule has 0 saturated heterocycles. The molecular weight excluding hydrogens is 326 g/mol. The van der Waals surface area contributed by atoms with E-state index >= 15 is 0 Å². The maximum atomic E-state index is 12.0. The van der Waals surface area contributed by atoms with Gasteiger partial charge in [0.15, 0.2) is 0 Å². The topological polar surface area (TPSA) is 73.4 Å². The second-order valence-corrected chi connectivity index (χ2v) is 5.90. The number of rotatable bonds is 7. The van der Waals surface area contributed by atoms with Gasteiger partial charge < -0.3 is 10.4 Å². The molecular formula is C18H22ClN3O2. The van der Waals surface area contributed by atoms with Gasteiger partial charge in [0.2, 0.25) is 0 Å². The zero-order valence-electron chi connectivity index (χ0n) is 13.6. The first kappa shape index (κ1) is 18.1. The molecule has 2 aromatic carbocycles. The summed E-state index contributed by atoms with van der Waals surface area (Å²) in [6, 6.07) is 14.9. The molecule has 0 saturated carbocycles. The van der Waals surface area contributed by atoms with Crippen LogP contribution in [0.25, 0.3) is 0 Å². The molecule has 0 aliphatic rings. The molecule has 0 spiro atoms. The van der Waals surface area contributed by atoms with Crippen molar-refractivity contribution >= 4 is 23.3 Å². The molecule has 5 nitrogen and oxygen atoms in total. The Balaban J connectivity index is 1.86. The van der Waals surface area contributed by atoms with Crippen LogP contribution in [0.4, 0.5) is 10.5 Å². The molecule has 6 heteroatoms. The van der Waals surface area contributed by atoms with E-state index in [2.05, 4.69) is 16.2 Å². The molecule has 24 heavy (non-hydrogen) atoms. The van der Waals surface area contributed by atoms with Crippen molar-refractivity contribution in [2.75, 3.05) is 18.6 Å². The zero-order chi connectivity index (χ0) is 17.4.